The molecule has 4 fully saturated rings. The summed E-state index contributed by atoms with van der Waals surface area (Å²) in [5, 5.41) is 0. The summed E-state index contributed by atoms with van der Waals surface area (Å²) in [6.45, 7) is 12.0. The maximum atomic E-state index is 13.0. The SMILES string of the molecule is COC(=O)C1C(OSI)CCC2(C)C1CCC1C2CCC2/C(=C(/C)CCC=C(C)C)CCC21C. The minimum Gasteiger partial charge on any atom is -0.469 e. The van der Waals surface area contributed by atoms with Crippen LogP contribution in [-0.4, -0.2) is 19.2 Å². The second-order valence-electron chi connectivity index (χ2n) is 12.4. The number of carbonyl (C=O) groups excluding carboxylic acids is 1. The quantitative estimate of drug-likeness (QED) is 0.132. The van der Waals surface area contributed by atoms with Gasteiger partial charge in [-0.2, -0.15) is 0 Å². The highest BCUT2D eigenvalue weighted by Crippen LogP contribution is 2.69. The zero-order valence-electron chi connectivity index (χ0n) is 22.1. The van der Waals surface area contributed by atoms with Crippen molar-refractivity contribution in [3.8, 4) is 0 Å². The van der Waals surface area contributed by atoms with Gasteiger partial charge in [0.15, 0.2) is 0 Å². The van der Waals surface area contributed by atoms with Crippen molar-refractivity contribution in [1.29, 1.82) is 0 Å². The second-order valence-corrected chi connectivity index (χ2v) is 13.8. The molecule has 0 N–H and O–H groups in total. The topological polar surface area (TPSA) is 35.5 Å². The van der Waals surface area contributed by atoms with Crippen LogP contribution in [0.5, 0.6) is 0 Å². The van der Waals surface area contributed by atoms with Crippen molar-refractivity contribution in [3.63, 3.8) is 0 Å². The molecule has 0 amide bonds. The normalized spacial score (nSPS) is 42.8. The summed E-state index contributed by atoms with van der Waals surface area (Å²) in [5.41, 5.74) is 5.55. The number of fused-ring (bicyclic) bond motifs is 5. The Kier molecular flexibility index (Phi) is 8.56. The number of esters is 1. The zero-order chi connectivity index (χ0) is 24.7. The maximum Gasteiger partial charge on any atom is 0.311 e. The van der Waals surface area contributed by atoms with Crippen molar-refractivity contribution in [2.75, 3.05) is 7.11 Å². The van der Waals surface area contributed by atoms with Crippen molar-refractivity contribution < 1.29 is 13.7 Å². The van der Waals surface area contributed by atoms with Crippen LogP contribution in [0.25, 0.3) is 0 Å². The fourth-order valence-electron chi connectivity index (χ4n) is 9.10. The molecular weight excluding hydrogens is 555 g/mol. The lowest BCUT2D eigenvalue weighted by molar-refractivity contribution is -0.177. The summed E-state index contributed by atoms with van der Waals surface area (Å²) in [7, 11) is 2.92. The summed E-state index contributed by atoms with van der Waals surface area (Å²) in [4.78, 5) is 13.0. The van der Waals surface area contributed by atoms with E-state index in [-0.39, 0.29) is 23.4 Å². The predicted octanol–water partition coefficient (Wildman–Crippen LogP) is 8.87. The summed E-state index contributed by atoms with van der Waals surface area (Å²) in [6.07, 6.45) is 14.7. The van der Waals surface area contributed by atoms with Crippen LogP contribution in [0.4, 0.5) is 0 Å². The van der Waals surface area contributed by atoms with E-state index in [0.29, 0.717) is 11.3 Å². The number of hydrogen-bond acceptors (Lipinski definition) is 4. The highest BCUT2D eigenvalue weighted by Gasteiger charge is 2.63. The van der Waals surface area contributed by atoms with Crippen molar-refractivity contribution in [1.82, 2.24) is 0 Å². The molecule has 192 valence electrons. The molecule has 4 aliphatic carbocycles. The predicted molar refractivity (Wildman–Crippen MR) is 150 cm³/mol. The van der Waals surface area contributed by atoms with Crippen molar-refractivity contribution >= 4 is 36.4 Å². The number of halogens is 1. The third kappa shape index (κ3) is 4.68. The molecule has 0 radical (unpaired) electrons. The molecule has 0 aliphatic heterocycles. The molecule has 3 nitrogen and oxygen atoms in total. The van der Waals surface area contributed by atoms with E-state index in [1.165, 1.54) is 66.2 Å². The van der Waals surface area contributed by atoms with Gasteiger partial charge in [0.25, 0.3) is 0 Å². The minimum absolute atomic E-state index is 0.0135. The van der Waals surface area contributed by atoms with Gasteiger partial charge < -0.3 is 8.92 Å². The molecule has 4 rings (SSSR count). The number of hydrogen-bond donors (Lipinski definition) is 0. The van der Waals surface area contributed by atoms with E-state index < -0.39 is 0 Å². The number of carbonyl (C=O) groups is 1. The van der Waals surface area contributed by atoms with Crippen LogP contribution in [0.15, 0.2) is 22.8 Å². The molecule has 34 heavy (non-hydrogen) atoms. The molecule has 4 aliphatic rings. The number of allylic oxidation sites excluding steroid dienone is 4. The van der Waals surface area contributed by atoms with Crippen LogP contribution in [0.1, 0.15) is 98.8 Å². The van der Waals surface area contributed by atoms with E-state index in [1.807, 2.05) is 0 Å². The van der Waals surface area contributed by atoms with Crippen molar-refractivity contribution in [2.45, 2.75) is 105 Å². The molecule has 8 unspecified atom stereocenters. The van der Waals surface area contributed by atoms with Crippen LogP contribution >= 0.6 is 30.4 Å². The van der Waals surface area contributed by atoms with Crippen LogP contribution in [0.2, 0.25) is 0 Å². The fraction of sp³-hybridized carbons (Fsp3) is 0.828. The van der Waals surface area contributed by atoms with Gasteiger partial charge in [0, 0.05) is 21.2 Å². The van der Waals surface area contributed by atoms with Crippen LogP contribution in [-0.2, 0) is 13.7 Å². The first-order valence-electron chi connectivity index (χ1n) is 13.5. The summed E-state index contributed by atoms with van der Waals surface area (Å²) >= 11 is 2.19. The average Bonchev–Trinajstić information content (AvgIpc) is 3.16. The Morgan fingerprint density at radius 3 is 2.38 bits per heavy atom. The minimum atomic E-state index is -0.117. The molecule has 0 aromatic heterocycles. The Balaban J connectivity index is 1.58. The Morgan fingerprint density at radius 2 is 1.71 bits per heavy atom. The van der Waals surface area contributed by atoms with E-state index in [4.69, 9.17) is 8.92 Å². The Hall–Kier alpha value is -0.0100. The second kappa shape index (κ2) is 10.8. The Morgan fingerprint density at radius 1 is 1.03 bits per heavy atom. The first-order valence-corrected chi connectivity index (χ1v) is 16.8. The van der Waals surface area contributed by atoms with E-state index >= 15 is 0 Å². The lowest BCUT2D eigenvalue weighted by Crippen LogP contribution is -2.58. The largest absolute Gasteiger partial charge is 0.469 e. The first kappa shape index (κ1) is 27.0. The van der Waals surface area contributed by atoms with E-state index in [0.717, 1.165) is 30.6 Å². The van der Waals surface area contributed by atoms with Gasteiger partial charge in [-0.05, 0) is 119 Å². The highest BCUT2D eigenvalue weighted by atomic mass is 127. The molecule has 0 saturated heterocycles. The van der Waals surface area contributed by atoms with E-state index in [9.17, 15) is 4.79 Å². The van der Waals surface area contributed by atoms with Gasteiger partial charge in [0.1, 0.15) is 0 Å². The number of rotatable bonds is 6. The molecule has 0 aromatic carbocycles. The number of ether oxygens (including phenoxy) is 1. The molecule has 0 aromatic rings. The monoisotopic (exact) mass is 600 g/mol. The zero-order valence-corrected chi connectivity index (χ0v) is 25.1. The summed E-state index contributed by atoms with van der Waals surface area (Å²) in [6, 6.07) is 0. The molecule has 0 bridgehead atoms. The molecular formula is C29H45IO3S. The van der Waals surface area contributed by atoms with Crippen LogP contribution < -0.4 is 0 Å². The fourth-order valence-corrected chi connectivity index (χ4v) is 10.2. The average molecular weight is 601 g/mol. The van der Waals surface area contributed by atoms with Crippen molar-refractivity contribution in [3.05, 3.63) is 22.8 Å². The summed E-state index contributed by atoms with van der Waals surface area (Å²) in [5.74, 6) is 2.48. The van der Waals surface area contributed by atoms with Gasteiger partial charge >= 0.3 is 5.97 Å². The van der Waals surface area contributed by atoms with Crippen LogP contribution in [0.3, 0.4) is 0 Å². The van der Waals surface area contributed by atoms with Crippen LogP contribution in [0, 0.1) is 40.4 Å². The van der Waals surface area contributed by atoms with Gasteiger partial charge in [0.05, 0.1) is 28.3 Å². The first-order chi connectivity index (χ1) is 16.2. The maximum absolute atomic E-state index is 13.0. The van der Waals surface area contributed by atoms with Gasteiger partial charge in [-0.1, -0.05) is 36.6 Å². The third-order valence-electron chi connectivity index (χ3n) is 10.8. The molecule has 4 saturated carbocycles. The van der Waals surface area contributed by atoms with E-state index in [2.05, 4.69) is 61.9 Å². The molecule has 0 heterocycles. The third-order valence-corrected chi connectivity index (χ3v) is 11.7. The smallest absolute Gasteiger partial charge is 0.311 e. The molecule has 0 spiro atoms. The van der Waals surface area contributed by atoms with Gasteiger partial charge in [0.2, 0.25) is 0 Å². The van der Waals surface area contributed by atoms with E-state index in [1.54, 1.807) is 18.3 Å². The van der Waals surface area contributed by atoms with Gasteiger partial charge in [-0.15, -0.1) is 0 Å². The van der Waals surface area contributed by atoms with Gasteiger partial charge in [-0.3, -0.25) is 4.79 Å². The molecule has 8 atom stereocenters. The standard InChI is InChI=1S/C29H45IO3S/c1-18(2)8-7-9-19(3)20-14-16-28(4)21(20)10-11-23-22(28)12-13-24-26(27(31)32-6)25(33-34-30)15-17-29(23,24)5/h8,21-26H,7,9-17H2,1-6H3/b20-19-. The molecule has 5 heteroatoms. The van der Waals surface area contributed by atoms with Gasteiger partial charge in [-0.25, -0.2) is 0 Å². The number of methoxy groups -OCH3 is 1. The lowest BCUT2D eigenvalue weighted by atomic mass is 9.42. The Bertz CT molecular complexity index is 833. The van der Waals surface area contributed by atoms with Crippen molar-refractivity contribution in [2.24, 2.45) is 40.4 Å². The Labute approximate surface area is 224 Å². The summed E-state index contributed by atoms with van der Waals surface area (Å²) < 4.78 is 11.3. The highest BCUT2D eigenvalue weighted by molar-refractivity contribution is 14.2. The lowest BCUT2D eigenvalue weighted by Gasteiger charge is -2.62.